The summed E-state index contributed by atoms with van der Waals surface area (Å²) in [6.07, 6.45) is 3.26. The van der Waals surface area contributed by atoms with Crippen LogP contribution in [-0.2, 0) is 11.3 Å². The average molecular weight is 263 g/mol. The fourth-order valence-electron chi connectivity index (χ4n) is 2.12. The van der Waals surface area contributed by atoms with Crippen LogP contribution in [0.1, 0.15) is 24.8 Å². The van der Waals surface area contributed by atoms with Crippen molar-refractivity contribution in [2.75, 3.05) is 20.6 Å². The third kappa shape index (κ3) is 6.72. The Hall–Kier alpha value is -1.68. The molecule has 0 atom stereocenters. The van der Waals surface area contributed by atoms with Gasteiger partial charge in [0.05, 0.1) is 20.6 Å². The maximum absolute atomic E-state index is 11.1. The van der Waals surface area contributed by atoms with Crippen molar-refractivity contribution in [1.29, 1.82) is 0 Å². The molecule has 104 valence electrons. The highest BCUT2D eigenvalue weighted by Gasteiger charge is 2.15. The lowest BCUT2D eigenvalue weighted by molar-refractivity contribution is -0.903. The van der Waals surface area contributed by atoms with E-state index in [1.54, 1.807) is 0 Å². The minimum atomic E-state index is -0.115. The van der Waals surface area contributed by atoms with Crippen molar-refractivity contribution in [2.45, 2.75) is 25.8 Å². The number of hydrogen-bond acceptors (Lipinski definition) is 3. The summed E-state index contributed by atoms with van der Waals surface area (Å²) < 4.78 is 0.909. The minimum absolute atomic E-state index is 0.115. The third-order valence-corrected chi connectivity index (χ3v) is 3.09. The predicted octanol–water partition coefficient (Wildman–Crippen LogP) is 2.46. The van der Waals surface area contributed by atoms with Gasteiger partial charge in [0.1, 0.15) is 12.8 Å². The Labute approximate surface area is 114 Å². The molecule has 0 aliphatic heterocycles. The van der Waals surface area contributed by atoms with Gasteiger partial charge in [0.15, 0.2) is 5.78 Å². The van der Waals surface area contributed by atoms with E-state index >= 15 is 0 Å². The summed E-state index contributed by atoms with van der Waals surface area (Å²) >= 11 is 0. The van der Waals surface area contributed by atoms with Gasteiger partial charge in [-0.05, 0) is 12.8 Å². The van der Waals surface area contributed by atoms with Crippen LogP contribution in [-0.4, -0.2) is 42.3 Å². The van der Waals surface area contributed by atoms with Gasteiger partial charge in [-0.15, -0.1) is 0 Å². The molecule has 1 N–H and O–H groups in total. The maximum Gasteiger partial charge on any atom is 0.177 e. The molecule has 0 radical (unpaired) electrons. The SMILES string of the molecule is C[N+](C)(CCCCC(=O)C=NO)Cc1ccccc1. The number of rotatable bonds is 8. The molecule has 4 heteroatoms. The highest BCUT2D eigenvalue weighted by atomic mass is 16.4. The minimum Gasteiger partial charge on any atom is -0.411 e. The van der Waals surface area contributed by atoms with Crippen molar-refractivity contribution in [3.05, 3.63) is 35.9 Å². The molecule has 0 aliphatic rings. The predicted molar refractivity (Wildman–Crippen MR) is 76.3 cm³/mol. The van der Waals surface area contributed by atoms with E-state index < -0.39 is 0 Å². The second-order valence-corrected chi connectivity index (χ2v) is 5.47. The molecule has 0 heterocycles. The topological polar surface area (TPSA) is 49.7 Å². The second-order valence-electron chi connectivity index (χ2n) is 5.47. The Morgan fingerprint density at radius 2 is 1.95 bits per heavy atom. The van der Waals surface area contributed by atoms with Crippen LogP contribution in [0.3, 0.4) is 0 Å². The van der Waals surface area contributed by atoms with Crippen LogP contribution in [0.5, 0.6) is 0 Å². The first-order chi connectivity index (χ1) is 9.03. The number of oxime groups is 1. The normalized spacial score (nSPS) is 11.9. The van der Waals surface area contributed by atoms with Gasteiger partial charge < -0.3 is 9.69 Å². The van der Waals surface area contributed by atoms with Crippen LogP contribution in [0.25, 0.3) is 0 Å². The fourth-order valence-corrected chi connectivity index (χ4v) is 2.12. The van der Waals surface area contributed by atoms with Crippen LogP contribution in [0, 0.1) is 0 Å². The zero-order valence-corrected chi connectivity index (χ0v) is 11.7. The second kappa shape index (κ2) is 7.69. The molecule has 1 rings (SSSR count). The largest absolute Gasteiger partial charge is 0.411 e. The lowest BCUT2D eigenvalue weighted by atomic mass is 10.1. The molecule has 0 saturated carbocycles. The number of carbonyl (C=O) groups is 1. The van der Waals surface area contributed by atoms with E-state index in [4.69, 9.17) is 5.21 Å². The van der Waals surface area contributed by atoms with E-state index in [0.29, 0.717) is 6.42 Å². The molecule has 0 fully saturated rings. The Bertz CT molecular complexity index is 413. The van der Waals surface area contributed by atoms with E-state index in [0.717, 1.165) is 36.6 Å². The third-order valence-electron chi connectivity index (χ3n) is 3.09. The summed E-state index contributed by atoms with van der Waals surface area (Å²) in [5.41, 5.74) is 1.33. The Kier molecular flexibility index (Phi) is 6.22. The van der Waals surface area contributed by atoms with Gasteiger partial charge in [0, 0.05) is 12.0 Å². The lowest BCUT2D eigenvalue weighted by Crippen LogP contribution is -2.39. The van der Waals surface area contributed by atoms with Crippen molar-refractivity contribution < 1.29 is 14.5 Å². The smallest absolute Gasteiger partial charge is 0.177 e. The van der Waals surface area contributed by atoms with E-state index in [1.807, 2.05) is 6.07 Å². The van der Waals surface area contributed by atoms with Gasteiger partial charge >= 0.3 is 0 Å². The summed E-state index contributed by atoms with van der Waals surface area (Å²) in [7, 11) is 4.40. The standard InChI is InChI=1S/C15H22N2O2/c1-17(2,13-14-8-4-3-5-9-14)11-7-6-10-15(18)12-16-19/h3-5,8-9,12H,6-7,10-11,13H2,1-2H3/p+1. The quantitative estimate of drug-likeness (QED) is 0.257. The first-order valence-corrected chi connectivity index (χ1v) is 6.60. The summed E-state index contributed by atoms with van der Waals surface area (Å²) in [4.78, 5) is 11.1. The number of benzene rings is 1. The van der Waals surface area contributed by atoms with Gasteiger partial charge in [-0.2, -0.15) is 0 Å². The molecule has 1 aromatic carbocycles. The first-order valence-electron chi connectivity index (χ1n) is 6.60. The Balaban J connectivity index is 2.29. The van der Waals surface area contributed by atoms with E-state index in [9.17, 15) is 4.79 Å². The summed E-state index contributed by atoms with van der Waals surface area (Å²) in [5, 5.41) is 11.0. The van der Waals surface area contributed by atoms with E-state index in [1.165, 1.54) is 5.56 Å². The number of quaternary nitrogens is 1. The number of unbranched alkanes of at least 4 members (excludes halogenated alkanes) is 1. The monoisotopic (exact) mass is 263 g/mol. The molecule has 0 amide bonds. The first kappa shape index (κ1) is 15.4. The molecule has 4 nitrogen and oxygen atoms in total. The summed E-state index contributed by atoms with van der Waals surface area (Å²) in [6, 6.07) is 10.4. The molecular weight excluding hydrogens is 240 g/mol. The number of ketones is 1. The van der Waals surface area contributed by atoms with Crippen molar-refractivity contribution in [3.8, 4) is 0 Å². The molecular formula is C15H23N2O2+. The highest BCUT2D eigenvalue weighted by Crippen LogP contribution is 2.11. The molecule has 0 unspecified atom stereocenters. The number of nitrogens with zero attached hydrogens (tertiary/aromatic N) is 2. The summed E-state index contributed by atoms with van der Waals surface area (Å²) in [5.74, 6) is -0.115. The highest BCUT2D eigenvalue weighted by molar-refractivity contribution is 6.27. The average Bonchev–Trinajstić information content (AvgIpc) is 2.36. The number of carbonyl (C=O) groups excluding carboxylic acids is 1. The Morgan fingerprint density at radius 1 is 1.26 bits per heavy atom. The van der Waals surface area contributed by atoms with Crippen molar-refractivity contribution >= 4 is 12.0 Å². The maximum atomic E-state index is 11.1. The Morgan fingerprint density at radius 3 is 2.58 bits per heavy atom. The van der Waals surface area contributed by atoms with Crippen molar-refractivity contribution in [1.82, 2.24) is 0 Å². The van der Waals surface area contributed by atoms with Gasteiger partial charge in [-0.1, -0.05) is 35.5 Å². The zero-order valence-electron chi connectivity index (χ0n) is 11.7. The molecule has 0 aromatic heterocycles. The van der Waals surface area contributed by atoms with Gasteiger partial charge in [0.2, 0.25) is 0 Å². The van der Waals surface area contributed by atoms with Gasteiger partial charge in [0.25, 0.3) is 0 Å². The molecule has 0 saturated heterocycles. The zero-order chi connectivity index (χ0) is 14.1. The molecule has 0 spiro atoms. The molecule has 1 aromatic rings. The van der Waals surface area contributed by atoms with Crippen LogP contribution in [0.2, 0.25) is 0 Å². The molecule has 19 heavy (non-hydrogen) atoms. The van der Waals surface area contributed by atoms with Crippen LogP contribution in [0.4, 0.5) is 0 Å². The van der Waals surface area contributed by atoms with Crippen molar-refractivity contribution in [2.24, 2.45) is 5.16 Å². The van der Waals surface area contributed by atoms with Crippen LogP contribution >= 0.6 is 0 Å². The number of hydrogen-bond donors (Lipinski definition) is 1. The number of Topliss-reactive ketones (excluding diaryl/α,β-unsaturated/α-hetero) is 1. The lowest BCUT2D eigenvalue weighted by Gasteiger charge is -2.30. The van der Waals surface area contributed by atoms with E-state index in [2.05, 4.69) is 43.5 Å². The van der Waals surface area contributed by atoms with Gasteiger partial charge in [-0.25, -0.2) is 0 Å². The van der Waals surface area contributed by atoms with Crippen molar-refractivity contribution in [3.63, 3.8) is 0 Å². The molecule has 0 aliphatic carbocycles. The molecule has 0 bridgehead atoms. The van der Waals surface area contributed by atoms with Crippen LogP contribution < -0.4 is 0 Å². The van der Waals surface area contributed by atoms with Crippen LogP contribution in [0.15, 0.2) is 35.5 Å². The van der Waals surface area contributed by atoms with Gasteiger partial charge in [-0.3, -0.25) is 4.79 Å². The fraction of sp³-hybridized carbons (Fsp3) is 0.467. The summed E-state index contributed by atoms with van der Waals surface area (Å²) in [6.45, 7) is 2.02. The van der Waals surface area contributed by atoms with E-state index in [-0.39, 0.29) is 5.78 Å².